The number of pyridine rings is 1. The molecule has 110 valence electrons. The van der Waals surface area contributed by atoms with Gasteiger partial charge in [0.2, 0.25) is 11.2 Å². The van der Waals surface area contributed by atoms with Gasteiger partial charge in [0.25, 0.3) is 0 Å². The Morgan fingerprint density at radius 3 is 2.59 bits per heavy atom. The zero-order chi connectivity index (χ0) is 15.7. The number of nitrogens with zero attached hydrogens (tertiary/aromatic N) is 1. The molecule has 0 radical (unpaired) electrons. The number of rotatable bonds is 2. The van der Waals surface area contributed by atoms with Gasteiger partial charge in [-0.3, -0.25) is 0 Å². The van der Waals surface area contributed by atoms with Crippen LogP contribution in [0.2, 0.25) is 0 Å². The minimum absolute atomic E-state index is 0.227. The molecule has 22 heavy (non-hydrogen) atoms. The van der Waals surface area contributed by atoms with Crippen LogP contribution in [0.3, 0.4) is 0 Å². The van der Waals surface area contributed by atoms with Crippen molar-refractivity contribution in [2.45, 2.75) is 6.92 Å². The van der Waals surface area contributed by atoms with Gasteiger partial charge in [0, 0.05) is 23.6 Å². The maximum atomic E-state index is 13.3. The molecule has 1 aromatic heterocycles. The number of phenolic OH excluding ortho intramolecular Hbond substituents is 1. The van der Waals surface area contributed by atoms with Gasteiger partial charge in [-0.25, -0.2) is 4.39 Å². The van der Waals surface area contributed by atoms with Crippen LogP contribution in [0.1, 0.15) is 16.8 Å². The number of aryl methyl sites for hydroxylation is 2. The highest BCUT2D eigenvalue weighted by Gasteiger charge is 2.09. The van der Waals surface area contributed by atoms with Gasteiger partial charge in [-0.2, -0.15) is 4.57 Å². The van der Waals surface area contributed by atoms with Gasteiger partial charge in [0.1, 0.15) is 18.6 Å². The molecule has 0 atom stereocenters. The molecule has 2 aromatic carbocycles. The van der Waals surface area contributed by atoms with E-state index in [4.69, 9.17) is 0 Å². The highest BCUT2D eigenvalue weighted by molar-refractivity contribution is 5.77. The Labute approximate surface area is 128 Å². The third-order valence-corrected chi connectivity index (χ3v) is 3.84. The molecule has 0 fully saturated rings. The first-order valence-corrected chi connectivity index (χ1v) is 7.10. The van der Waals surface area contributed by atoms with Crippen molar-refractivity contribution in [1.82, 2.24) is 0 Å². The fourth-order valence-electron chi connectivity index (χ4n) is 2.52. The van der Waals surface area contributed by atoms with Crippen LogP contribution in [0.5, 0.6) is 5.75 Å². The molecule has 3 rings (SSSR count). The van der Waals surface area contributed by atoms with Crippen molar-refractivity contribution >= 4 is 23.1 Å². The highest BCUT2D eigenvalue weighted by Crippen LogP contribution is 2.19. The fraction of sp³-hybridized carbons (Fsp3) is 0.105. The van der Waals surface area contributed by atoms with Crippen molar-refractivity contribution in [3.05, 3.63) is 71.2 Å². The van der Waals surface area contributed by atoms with E-state index >= 15 is 0 Å². The molecule has 0 amide bonds. The van der Waals surface area contributed by atoms with Crippen molar-refractivity contribution in [2.75, 3.05) is 0 Å². The summed E-state index contributed by atoms with van der Waals surface area (Å²) in [6, 6.07) is 14.2. The second kappa shape index (κ2) is 5.60. The minimum atomic E-state index is -0.227. The number of hydrogen-bond acceptors (Lipinski definition) is 1. The van der Waals surface area contributed by atoms with E-state index in [1.54, 1.807) is 12.1 Å². The maximum Gasteiger partial charge on any atom is 0.212 e. The van der Waals surface area contributed by atoms with Gasteiger partial charge in [-0.1, -0.05) is 6.07 Å². The second-order valence-electron chi connectivity index (χ2n) is 5.40. The predicted octanol–water partition coefficient (Wildman–Crippen LogP) is 3.99. The van der Waals surface area contributed by atoms with Crippen molar-refractivity contribution in [3.8, 4) is 5.75 Å². The molecule has 2 nitrogen and oxygen atoms in total. The van der Waals surface area contributed by atoms with Crippen molar-refractivity contribution in [1.29, 1.82) is 0 Å². The lowest BCUT2D eigenvalue weighted by Gasteiger charge is -2.01. The molecular formula is C19H17FNO+. The van der Waals surface area contributed by atoms with Gasteiger partial charge in [-0.05, 0) is 54.5 Å². The molecule has 0 unspecified atom stereocenters. The Balaban J connectivity index is 1.99. The summed E-state index contributed by atoms with van der Waals surface area (Å²) < 4.78 is 15.3. The largest absolute Gasteiger partial charge is 0.508 e. The Hall–Kier alpha value is -2.68. The first kappa shape index (κ1) is 14.3. The molecule has 1 N–H and O–H groups in total. The summed E-state index contributed by atoms with van der Waals surface area (Å²) in [5.41, 5.74) is 3.87. The summed E-state index contributed by atoms with van der Waals surface area (Å²) in [5.74, 6) is 0.0748. The molecular weight excluding hydrogens is 277 g/mol. The fourth-order valence-corrected chi connectivity index (χ4v) is 2.52. The van der Waals surface area contributed by atoms with Crippen LogP contribution in [-0.2, 0) is 7.05 Å². The van der Waals surface area contributed by atoms with Crippen LogP contribution in [-0.4, -0.2) is 5.11 Å². The standard InChI is InChI=1S/C19H16FNO/c1-13-11-14(4-10-19(13)22)3-7-17-8-5-15-12-16(20)6-9-18(15)21(17)2/h3-12H,1-2H3/p+1. The topological polar surface area (TPSA) is 24.1 Å². The predicted molar refractivity (Wildman–Crippen MR) is 86.9 cm³/mol. The number of phenols is 1. The monoisotopic (exact) mass is 294 g/mol. The van der Waals surface area contributed by atoms with E-state index in [9.17, 15) is 9.50 Å². The van der Waals surface area contributed by atoms with E-state index in [0.29, 0.717) is 5.75 Å². The van der Waals surface area contributed by atoms with Gasteiger partial charge in [0.15, 0.2) is 0 Å². The molecule has 1 heterocycles. The molecule has 0 aliphatic rings. The zero-order valence-corrected chi connectivity index (χ0v) is 12.5. The van der Waals surface area contributed by atoms with Crippen LogP contribution in [0.25, 0.3) is 23.1 Å². The molecule has 0 aliphatic carbocycles. The first-order valence-electron chi connectivity index (χ1n) is 7.10. The normalized spacial score (nSPS) is 11.4. The van der Waals surface area contributed by atoms with Crippen molar-refractivity contribution in [3.63, 3.8) is 0 Å². The van der Waals surface area contributed by atoms with E-state index in [0.717, 1.165) is 27.7 Å². The quantitative estimate of drug-likeness (QED) is 0.710. The zero-order valence-electron chi connectivity index (χ0n) is 12.5. The molecule has 0 saturated carbocycles. The van der Waals surface area contributed by atoms with Gasteiger partial charge < -0.3 is 5.11 Å². The summed E-state index contributed by atoms with van der Waals surface area (Å²) in [5, 5.41) is 10.4. The van der Waals surface area contributed by atoms with E-state index in [1.807, 2.05) is 55.0 Å². The van der Waals surface area contributed by atoms with Crippen LogP contribution in [0.4, 0.5) is 4.39 Å². The smallest absolute Gasteiger partial charge is 0.212 e. The minimum Gasteiger partial charge on any atom is -0.508 e. The molecule has 0 bridgehead atoms. The lowest BCUT2D eigenvalue weighted by atomic mass is 10.1. The highest BCUT2D eigenvalue weighted by atomic mass is 19.1. The molecule has 3 heteroatoms. The number of aromatic hydroxyl groups is 1. The van der Waals surface area contributed by atoms with Gasteiger partial charge in [-0.15, -0.1) is 0 Å². The Morgan fingerprint density at radius 2 is 1.82 bits per heavy atom. The molecule has 3 aromatic rings. The third kappa shape index (κ3) is 2.70. The third-order valence-electron chi connectivity index (χ3n) is 3.84. The summed E-state index contributed by atoms with van der Waals surface area (Å²) >= 11 is 0. The second-order valence-corrected chi connectivity index (χ2v) is 5.40. The van der Waals surface area contributed by atoms with E-state index < -0.39 is 0 Å². The van der Waals surface area contributed by atoms with Crippen LogP contribution >= 0.6 is 0 Å². The Bertz CT molecular complexity index is 884. The van der Waals surface area contributed by atoms with Crippen molar-refractivity contribution < 1.29 is 14.1 Å². The number of fused-ring (bicyclic) bond motifs is 1. The summed E-state index contributed by atoms with van der Waals surface area (Å²) in [7, 11) is 1.96. The first-order chi connectivity index (χ1) is 10.5. The summed E-state index contributed by atoms with van der Waals surface area (Å²) in [6.45, 7) is 1.87. The number of hydrogen-bond donors (Lipinski definition) is 1. The Kier molecular flexibility index (Phi) is 3.63. The van der Waals surface area contributed by atoms with Gasteiger partial charge in [0.05, 0.1) is 0 Å². The Morgan fingerprint density at radius 1 is 1.00 bits per heavy atom. The van der Waals surface area contributed by atoms with Crippen LogP contribution in [0, 0.1) is 12.7 Å². The lowest BCUT2D eigenvalue weighted by Crippen LogP contribution is -2.32. The van der Waals surface area contributed by atoms with E-state index in [1.165, 1.54) is 12.1 Å². The average molecular weight is 294 g/mol. The van der Waals surface area contributed by atoms with E-state index in [-0.39, 0.29) is 5.82 Å². The number of benzene rings is 2. The molecule has 0 spiro atoms. The number of aromatic nitrogens is 1. The molecule has 0 saturated heterocycles. The SMILES string of the molecule is Cc1cc(C=Cc2ccc3cc(F)ccc3[n+]2C)ccc1O. The van der Waals surface area contributed by atoms with Crippen LogP contribution in [0.15, 0.2) is 48.5 Å². The van der Waals surface area contributed by atoms with E-state index in [2.05, 4.69) is 0 Å². The summed E-state index contributed by atoms with van der Waals surface area (Å²) in [6.07, 6.45) is 4.01. The average Bonchev–Trinajstić information content (AvgIpc) is 2.50. The van der Waals surface area contributed by atoms with Gasteiger partial charge >= 0.3 is 0 Å². The lowest BCUT2D eigenvalue weighted by molar-refractivity contribution is -0.646. The number of halogens is 1. The van der Waals surface area contributed by atoms with Crippen LogP contribution < -0.4 is 4.57 Å². The maximum absolute atomic E-state index is 13.3. The molecule has 0 aliphatic heterocycles. The van der Waals surface area contributed by atoms with Crippen molar-refractivity contribution in [2.24, 2.45) is 7.05 Å². The summed E-state index contributed by atoms with van der Waals surface area (Å²) in [4.78, 5) is 0.